The summed E-state index contributed by atoms with van der Waals surface area (Å²) in [6.45, 7) is 1.78. The van der Waals surface area contributed by atoms with E-state index in [1.165, 1.54) is 18.3 Å². The van der Waals surface area contributed by atoms with E-state index in [1.807, 2.05) is 30.3 Å². The first kappa shape index (κ1) is 13.5. The summed E-state index contributed by atoms with van der Waals surface area (Å²) in [7, 11) is 0. The van der Waals surface area contributed by atoms with Crippen molar-refractivity contribution in [2.75, 3.05) is 0 Å². The highest BCUT2D eigenvalue weighted by molar-refractivity contribution is 5.35. The summed E-state index contributed by atoms with van der Waals surface area (Å²) in [6.07, 6.45) is 0.493. The van der Waals surface area contributed by atoms with Gasteiger partial charge in [-0.05, 0) is 42.3 Å². The van der Waals surface area contributed by atoms with Crippen LogP contribution in [0.4, 0.5) is 4.39 Å². The van der Waals surface area contributed by atoms with E-state index < -0.39 is 6.10 Å². The minimum atomic E-state index is -0.991. The summed E-state index contributed by atoms with van der Waals surface area (Å²) in [6, 6.07) is 13.9. The van der Waals surface area contributed by atoms with E-state index in [0.29, 0.717) is 11.3 Å². The van der Waals surface area contributed by atoms with Crippen molar-refractivity contribution >= 4 is 0 Å². The second kappa shape index (κ2) is 5.46. The molecule has 1 atom stereocenters. The Balaban J connectivity index is 2.03. The zero-order valence-corrected chi connectivity index (χ0v) is 11.4. The standard InChI is InChI=1S/C16H14FN3O/c1-11-7-12(9-13(17)8-11)16(21)15-10-18-19-20(15)14-5-3-2-4-6-14/h2-10,16,21H,1H3. The van der Waals surface area contributed by atoms with Crippen molar-refractivity contribution in [3.8, 4) is 5.69 Å². The van der Waals surface area contributed by atoms with Gasteiger partial charge in [0.25, 0.3) is 0 Å². The number of rotatable bonds is 3. The summed E-state index contributed by atoms with van der Waals surface area (Å²) >= 11 is 0. The SMILES string of the molecule is Cc1cc(F)cc(C(O)c2cnnn2-c2ccccc2)c1. The first-order valence-corrected chi connectivity index (χ1v) is 6.56. The van der Waals surface area contributed by atoms with E-state index in [-0.39, 0.29) is 5.82 Å². The van der Waals surface area contributed by atoms with Crippen molar-refractivity contribution in [2.45, 2.75) is 13.0 Å². The Morgan fingerprint density at radius 3 is 2.62 bits per heavy atom. The van der Waals surface area contributed by atoms with Crippen molar-refractivity contribution in [2.24, 2.45) is 0 Å². The fraction of sp³-hybridized carbons (Fsp3) is 0.125. The molecule has 0 saturated carbocycles. The third-order valence-corrected chi connectivity index (χ3v) is 3.24. The average Bonchev–Trinajstić information content (AvgIpc) is 2.95. The van der Waals surface area contributed by atoms with Crippen LogP contribution in [0, 0.1) is 12.7 Å². The van der Waals surface area contributed by atoms with Gasteiger partial charge >= 0.3 is 0 Å². The van der Waals surface area contributed by atoms with Crippen molar-refractivity contribution in [1.82, 2.24) is 15.0 Å². The molecule has 0 fully saturated rings. The van der Waals surface area contributed by atoms with Gasteiger partial charge in [0.15, 0.2) is 0 Å². The summed E-state index contributed by atoms with van der Waals surface area (Å²) < 4.78 is 15.1. The summed E-state index contributed by atoms with van der Waals surface area (Å²) in [4.78, 5) is 0. The number of nitrogens with zero attached hydrogens (tertiary/aromatic N) is 3. The molecule has 3 rings (SSSR count). The molecule has 3 aromatic rings. The van der Waals surface area contributed by atoms with E-state index in [2.05, 4.69) is 10.3 Å². The molecule has 1 unspecified atom stereocenters. The Morgan fingerprint density at radius 2 is 1.90 bits per heavy atom. The van der Waals surface area contributed by atoms with Gasteiger partial charge in [0.1, 0.15) is 11.9 Å². The number of aromatic nitrogens is 3. The van der Waals surface area contributed by atoms with Crippen LogP contribution >= 0.6 is 0 Å². The van der Waals surface area contributed by atoms with Gasteiger partial charge in [0.2, 0.25) is 0 Å². The van der Waals surface area contributed by atoms with Crippen LogP contribution in [-0.4, -0.2) is 20.1 Å². The zero-order chi connectivity index (χ0) is 14.8. The topological polar surface area (TPSA) is 50.9 Å². The molecular formula is C16H14FN3O. The molecule has 0 saturated heterocycles. The van der Waals surface area contributed by atoms with Crippen LogP contribution in [0.3, 0.4) is 0 Å². The number of halogens is 1. The molecule has 1 heterocycles. The predicted octanol–water partition coefficient (Wildman–Crippen LogP) is 2.80. The van der Waals surface area contributed by atoms with Crippen LogP contribution in [0.2, 0.25) is 0 Å². The van der Waals surface area contributed by atoms with Gasteiger partial charge in [-0.3, -0.25) is 0 Å². The van der Waals surface area contributed by atoms with Crippen molar-refractivity contribution < 1.29 is 9.50 Å². The van der Waals surface area contributed by atoms with E-state index in [9.17, 15) is 9.50 Å². The van der Waals surface area contributed by atoms with E-state index in [1.54, 1.807) is 17.7 Å². The number of aryl methyl sites for hydroxylation is 1. The molecule has 0 amide bonds. The highest BCUT2D eigenvalue weighted by atomic mass is 19.1. The normalized spacial score (nSPS) is 12.3. The maximum Gasteiger partial charge on any atom is 0.123 e. The monoisotopic (exact) mass is 283 g/mol. The van der Waals surface area contributed by atoms with Crippen LogP contribution in [0.25, 0.3) is 5.69 Å². The molecule has 4 nitrogen and oxygen atoms in total. The lowest BCUT2D eigenvalue weighted by atomic mass is 10.0. The second-order valence-corrected chi connectivity index (χ2v) is 4.87. The molecular weight excluding hydrogens is 269 g/mol. The van der Waals surface area contributed by atoms with Crippen LogP contribution < -0.4 is 0 Å². The third kappa shape index (κ3) is 2.68. The van der Waals surface area contributed by atoms with Gasteiger partial charge < -0.3 is 5.11 Å². The van der Waals surface area contributed by atoms with Crippen LogP contribution in [0.15, 0.2) is 54.7 Å². The molecule has 0 aliphatic heterocycles. The third-order valence-electron chi connectivity index (χ3n) is 3.24. The van der Waals surface area contributed by atoms with Gasteiger partial charge in [0, 0.05) is 0 Å². The van der Waals surface area contributed by atoms with Gasteiger partial charge in [0.05, 0.1) is 17.6 Å². The molecule has 0 spiro atoms. The summed E-state index contributed by atoms with van der Waals surface area (Å²) in [5.74, 6) is -0.372. The fourth-order valence-electron chi connectivity index (χ4n) is 2.29. The van der Waals surface area contributed by atoms with Crippen LogP contribution in [0.1, 0.15) is 22.9 Å². The smallest absolute Gasteiger partial charge is 0.123 e. The summed E-state index contributed by atoms with van der Waals surface area (Å²) in [5, 5.41) is 18.3. The minimum absolute atomic E-state index is 0.372. The molecule has 2 aromatic carbocycles. The average molecular weight is 283 g/mol. The Morgan fingerprint density at radius 1 is 1.14 bits per heavy atom. The lowest BCUT2D eigenvalue weighted by Gasteiger charge is -2.13. The Bertz CT molecular complexity index is 735. The van der Waals surface area contributed by atoms with Gasteiger partial charge in [-0.15, -0.1) is 5.10 Å². The summed E-state index contributed by atoms with van der Waals surface area (Å²) in [5.41, 5.74) is 2.51. The molecule has 5 heteroatoms. The molecule has 0 bridgehead atoms. The maximum absolute atomic E-state index is 13.5. The maximum atomic E-state index is 13.5. The highest BCUT2D eigenvalue weighted by Crippen LogP contribution is 2.24. The molecule has 1 N–H and O–H groups in total. The zero-order valence-electron chi connectivity index (χ0n) is 11.4. The number of aliphatic hydroxyl groups is 1. The van der Waals surface area contributed by atoms with E-state index in [4.69, 9.17) is 0 Å². The van der Waals surface area contributed by atoms with E-state index >= 15 is 0 Å². The quantitative estimate of drug-likeness (QED) is 0.804. The fourth-order valence-corrected chi connectivity index (χ4v) is 2.29. The number of hydrogen-bond acceptors (Lipinski definition) is 3. The van der Waals surface area contributed by atoms with Crippen LogP contribution in [0.5, 0.6) is 0 Å². The van der Waals surface area contributed by atoms with Crippen LogP contribution in [-0.2, 0) is 0 Å². The van der Waals surface area contributed by atoms with Gasteiger partial charge in [-0.2, -0.15) is 0 Å². The first-order valence-electron chi connectivity index (χ1n) is 6.56. The predicted molar refractivity (Wildman–Crippen MR) is 76.6 cm³/mol. The number of hydrogen-bond donors (Lipinski definition) is 1. The molecule has 0 aliphatic rings. The lowest BCUT2D eigenvalue weighted by Crippen LogP contribution is -2.09. The van der Waals surface area contributed by atoms with Crippen molar-refractivity contribution in [3.63, 3.8) is 0 Å². The molecule has 0 aliphatic carbocycles. The number of aliphatic hydroxyl groups excluding tert-OH is 1. The van der Waals surface area contributed by atoms with Gasteiger partial charge in [-0.1, -0.05) is 29.5 Å². The largest absolute Gasteiger partial charge is 0.382 e. The Labute approximate surface area is 121 Å². The Hall–Kier alpha value is -2.53. The Kier molecular flexibility index (Phi) is 3.50. The van der Waals surface area contributed by atoms with E-state index in [0.717, 1.165) is 11.3 Å². The second-order valence-electron chi connectivity index (χ2n) is 4.87. The highest BCUT2D eigenvalue weighted by Gasteiger charge is 2.18. The first-order chi connectivity index (χ1) is 10.1. The van der Waals surface area contributed by atoms with Crippen molar-refractivity contribution in [3.05, 3.63) is 77.4 Å². The number of para-hydroxylation sites is 1. The minimum Gasteiger partial charge on any atom is -0.382 e. The molecule has 21 heavy (non-hydrogen) atoms. The van der Waals surface area contributed by atoms with Crippen molar-refractivity contribution in [1.29, 1.82) is 0 Å². The van der Waals surface area contributed by atoms with Gasteiger partial charge in [-0.25, -0.2) is 9.07 Å². The molecule has 0 radical (unpaired) electrons. The molecule has 1 aromatic heterocycles. The molecule has 106 valence electrons. The number of benzene rings is 2. The lowest BCUT2D eigenvalue weighted by molar-refractivity contribution is 0.211.